The van der Waals surface area contributed by atoms with Crippen molar-refractivity contribution in [1.82, 2.24) is 14.9 Å². The number of imidazole rings is 1. The maximum absolute atomic E-state index is 11.8. The largest absolute Gasteiger partial charge is 0.399 e. The monoisotopic (exact) mass is 317 g/mol. The number of anilines is 1. The average Bonchev–Trinajstić information content (AvgIpc) is 2.89. The van der Waals surface area contributed by atoms with Crippen LogP contribution in [0.1, 0.15) is 17.8 Å². The van der Waals surface area contributed by atoms with Gasteiger partial charge in [0.1, 0.15) is 6.20 Å². The van der Waals surface area contributed by atoms with E-state index in [-0.39, 0.29) is 18.1 Å². The van der Waals surface area contributed by atoms with E-state index >= 15 is 0 Å². The number of aromatic nitrogens is 2. The SMILES string of the molecule is Cc1nc([N+](=O)[O-])cn1CCC(=O)NCCc1ccc(N)cc1. The predicted octanol–water partition coefficient (Wildman–Crippen LogP) is 1.43. The van der Waals surface area contributed by atoms with Crippen LogP contribution in [0.3, 0.4) is 0 Å². The number of benzene rings is 1. The number of nitrogens with two attached hydrogens (primary N) is 1. The third kappa shape index (κ3) is 4.80. The summed E-state index contributed by atoms with van der Waals surface area (Å²) in [6.07, 6.45) is 2.31. The molecule has 122 valence electrons. The maximum atomic E-state index is 11.8. The molecule has 0 aliphatic rings. The number of nitro groups is 1. The highest BCUT2D eigenvalue weighted by molar-refractivity contribution is 5.75. The Kier molecular flexibility index (Phi) is 5.29. The highest BCUT2D eigenvalue weighted by atomic mass is 16.6. The smallest absolute Gasteiger partial charge is 0.381 e. The van der Waals surface area contributed by atoms with Gasteiger partial charge in [-0.25, -0.2) is 0 Å². The van der Waals surface area contributed by atoms with E-state index in [1.807, 2.05) is 24.3 Å². The number of hydrogen-bond acceptors (Lipinski definition) is 5. The van der Waals surface area contributed by atoms with E-state index in [4.69, 9.17) is 5.73 Å². The Labute approximate surface area is 133 Å². The Balaban J connectivity index is 1.75. The fourth-order valence-corrected chi connectivity index (χ4v) is 2.15. The van der Waals surface area contributed by atoms with E-state index in [0.717, 1.165) is 12.0 Å². The zero-order valence-corrected chi connectivity index (χ0v) is 12.9. The molecule has 1 aromatic heterocycles. The van der Waals surface area contributed by atoms with Crippen molar-refractivity contribution in [3.63, 3.8) is 0 Å². The second kappa shape index (κ2) is 7.39. The number of carbonyl (C=O) groups is 1. The van der Waals surface area contributed by atoms with Crippen LogP contribution in [0.4, 0.5) is 11.5 Å². The van der Waals surface area contributed by atoms with Crippen LogP contribution in [-0.2, 0) is 17.8 Å². The molecule has 0 bridgehead atoms. The number of carbonyl (C=O) groups excluding carboxylic acids is 1. The Morgan fingerprint density at radius 1 is 1.39 bits per heavy atom. The molecule has 3 N–H and O–H groups in total. The summed E-state index contributed by atoms with van der Waals surface area (Å²) >= 11 is 0. The summed E-state index contributed by atoms with van der Waals surface area (Å²) < 4.78 is 1.61. The molecule has 0 aliphatic heterocycles. The molecule has 0 spiro atoms. The lowest BCUT2D eigenvalue weighted by molar-refractivity contribution is -0.389. The van der Waals surface area contributed by atoms with Crippen LogP contribution < -0.4 is 11.1 Å². The van der Waals surface area contributed by atoms with Crippen LogP contribution in [0.2, 0.25) is 0 Å². The topological polar surface area (TPSA) is 116 Å². The first-order valence-electron chi connectivity index (χ1n) is 7.25. The number of aryl methyl sites for hydroxylation is 2. The van der Waals surface area contributed by atoms with Crippen LogP contribution in [0.25, 0.3) is 0 Å². The molecule has 0 fully saturated rings. The Bertz CT molecular complexity index is 694. The first kappa shape index (κ1) is 16.5. The van der Waals surface area contributed by atoms with Gasteiger partial charge in [0.05, 0.1) is 0 Å². The van der Waals surface area contributed by atoms with Crippen molar-refractivity contribution in [3.05, 3.63) is 52.0 Å². The van der Waals surface area contributed by atoms with E-state index in [9.17, 15) is 14.9 Å². The summed E-state index contributed by atoms with van der Waals surface area (Å²) in [5.74, 6) is 0.217. The maximum Gasteiger partial charge on any atom is 0.381 e. The van der Waals surface area contributed by atoms with Crippen molar-refractivity contribution in [2.75, 3.05) is 12.3 Å². The molecule has 0 atom stereocenters. The number of nitrogens with one attached hydrogen (secondary N) is 1. The molecule has 0 aliphatic carbocycles. The predicted molar refractivity (Wildman–Crippen MR) is 85.8 cm³/mol. The summed E-state index contributed by atoms with van der Waals surface area (Å²) in [4.78, 5) is 25.7. The minimum absolute atomic E-state index is 0.101. The zero-order valence-electron chi connectivity index (χ0n) is 12.9. The van der Waals surface area contributed by atoms with E-state index in [1.165, 1.54) is 6.20 Å². The van der Waals surface area contributed by atoms with Gasteiger partial charge in [-0.15, -0.1) is 0 Å². The molecule has 0 radical (unpaired) electrons. The molecule has 1 aromatic carbocycles. The Morgan fingerprint density at radius 3 is 2.70 bits per heavy atom. The number of nitrogen functional groups attached to an aromatic ring is 1. The van der Waals surface area contributed by atoms with Crippen molar-refractivity contribution in [2.45, 2.75) is 26.3 Å². The summed E-state index contributed by atoms with van der Waals surface area (Å²) in [5, 5.41) is 13.5. The van der Waals surface area contributed by atoms with Gasteiger partial charge in [-0.05, 0) is 34.0 Å². The lowest BCUT2D eigenvalue weighted by Crippen LogP contribution is -2.26. The van der Waals surface area contributed by atoms with Crippen LogP contribution in [-0.4, -0.2) is 26.9 Å². The summed E-state index contributed by atoms with van der Waals surface area (Å²) in [5.41, 5.74) is 7.42. The van der Waals surface area contributed by atoms with Crippen LogP contribution >= 0.6 is 0 Å². The van der Waals surface area contributed by atoms with Crippen molar-refractivity contribution >= 4 is 17.4 Å². The van der Waals surface area contributed by atoms with Crippen LogP contribution in [0, 0.1) is 17.0 Å². The van der Waals surface area contributed by atoms with Crippen molar-refractivity contribution in [1.29, 1.82) is 0 Å². The first-order chi connectivity index (χ1) is 11.0. The van der Waals surface area contributed by atoms with Gasteiger partial charge in [-0.1, -0.05) is 12.1 Å². The minimum atomic E-state index is -0.545. The molecule has 0 unspecified atom stereocenters. The molecule has 8 nitrogen and oxygen atoms in total. The van der Waals surface area contributed by atoms with Crippen LogP contribution in [0.15, 0.2) is 30.5 Å². The van der Waals surface area contributed by atoms with Crippen LogP contribution in [0.5, 0.6) is 0 Å². The van der Waals surface area contributed by atoms with Gasteiger partial charge in [0.25, 0.3) is 0 Å². The highest BCUT2D eigenvalue weighted by Crippen LogP contribution is 2.10. The standard InChI is InChI=1S/C15H19N5O3/c1-11-18-14(20(22)23)10-19(11)9-7-15(21)17-8-6-12-2-4-13(16)5-3-12/h2-5,10H,6-9,16H2,1H3,(H,17,21). The van der Waals surface area contributed by atoms with Crippen molar-refractivity contribution in [3.8, 4) is 0 Å². The summed E-state index contributed by atoms with van der Waals surface area (Å²) in [6, 6.07) is 7.50. The molecule has 1 heterocycles. The highest BCUT2D eigenvalue weighted by Gasteiger charge is 2.15. The number of hydrogen-bond donors (Lipinski definition) is 2. The number of nitrogens with zero attached hydrogens (tertiary/aromatic N) is 3. The molecule has 2 aromatic rings. The molecule has 1 amide bonds. The third-order valence-electron chi connectivity index (χ3n) is 3.45. The fourth-order valence-electron chi connectivity index (χ4n) is 2.15. The second-order valence-corrected chi connectivity index (χ2v) is 5.19. The van der Waals surface area contributed by atoms with Gasteiger partial charge in [0.2, 0.25) is 11.7 Å². The molecular weight excluding hydrogens is 298 g/mol. The average molecular weight is 317 g/mol. The molecule has 23 heavy (non-hydrogen) atoms. The van der Waals surface area contributed by atoms with Gasteiger partial charge < -0.3 is 25.7 Å². The minimum Gasteiger partial charge on any atom is -0.399 e. The molecular formula is C15H19N5O3. The lowest BCUT2D eigenvalue weighted by atomic mass is 10.1. The van der Waals surface area contributed by atoms with Gasteiger partial charge in [-0.2, -0.15) is 0 Å². The van der Waals surface area contributed by atoms with Crippen molar-refractivity contribution in [2.24, 2.45) is 0 Å². The number of amides is 1. The van der Waals surface area contributed by atoms with E-state index < -0.39 is 4.92 Å². The van der Waals surface area contributed by atoms with Gasteiger partial charge in [-0.3, -0.25) is 4.79 Å². The van der Waals surface area contributed by atoms with Gasteiger partial charge in [0.15, 0.2) is 0 Å². The van der Waals surface area contributed by atoms with E-state index in [0.29, 0.717) is 24.6 Å². The van der Waals surface area contributed by atoms with Gasteiger partial charge >= 0.3 is 5.82 Å². The normalized spacial score (nSPS) is 10.5. The quantitative estimate of drug-likeness (QED) is 0.455. The second-order valence-electron chi connectivity index (χ2n) is 5.19. The van der Waals surface area contributed by atoms with E-state index in [2.05, 4.69) is 10.3 Å². The first-order valence-corrected chi connectivity index (χ1v) is 7.25. The van der Waals surface area contributed by atoms with Gasteiger partial charge in [0, 0.05) is 32.1 Å². The third-order valence-corrected chi connectivity index (χ3v) is 3.45. The molecule has 0 saturated carbocycles. The van der Waals surface area contributed by atoms with Crippen molar-refractivity contribution < 1.29 is 9.72 Å². The molecule has 0 saturated heterocycles. The zero-order chi connectivity index (χ0) is 16.8. The lowest BCUT2D eigenvalue weighted by Gasteiger charge is -2.06. The molecule has 8 heteroatoms. The van der Waals surface area contributed by atoms with E-state index in [1.54, 1.807) is 11.5 Å². The summed E-state index contributed by atoms with van der Waals surface area (Å²) in [6.45, 7) is 2.57. The Hall–Kier alpha value is -2.90. The fraction of sp³-hybridized carbons (Fsp3) is 0.333. The number of rotatable bonds is 7. The molecule has 2 rings (SSSR count). The summed E-state index contributed by atoms with van der Waals surface area (Å²) in [7, 11) is 0. The Morgan fingerprint density at radius 2 is 2.09 bits per heavy atom.